The van der Waals surface area contributed by atoms with Gasteiger partial charge in [0, 0.05) is 18.3 Å². The first-order valence-corrected chi connectivity index (χ1v) is 5.93. The summed E-state index contributed by atoms with van der Waals surface area (Å²) >= 11 is 0. The van der Waals surface area contributed by atoms with Crippen LogP contribution in [0.1, 0.15) is 12.6 Å². The maximum Gasteiger partial charge on any atom is 0.167 e. The summed E-state index contributed by atoms with van der Waals surface area (Å²) in [5.41, 5.74) is 6.68. The van der Waals surface area contributed by atoms with E-state index < -0.39 is 5.82 Å². The summed E-state index contributed by atoms with van der Waals surface area (Å²) in [5, 5.41) is 0. The third-order valence-corrected chi connectivity index (χ3v) is 2.54. The Kier molecular flexibility index (Phi) is 3.85. The number of nitrogens with zero attached hydrogens (tertiary/aromatic N) is 1. The van der Waals surface area contributed by atoms with Crippen LogP contribution in [-0.2, 0) is 0 Å². The van der Waals surface area contributed by atoms with Crippen molar-refractivity contribution in [2.24, 2.45) is 0 Å². The van der Waals surface area contributed by atoms with Gasteiger partial charge in [0.15, 0.2) is 17.3 Å². The third-order valence-electron chi connectivity index (χ3n) is 2.54. The number of nitrogen functional groups attached to an aromatic ring is 1. The van der Waals surface area contributed by atoms with Gasteiger partial charge >= 0.3 is 0 Å². The Morgan fingerprint density at radius 1 is 1.26 bits per heavy atom. The van der Waals surface area contributed by atoms with Crippen LogP contribution in [0.3, 0.4) is 0 Å². The number of rotatable bonds is 4. The number of aryl methyl sites for hydroxylation is 1. The lowest BCUT2D eigenvalue weighted by Crippen LogP contribution is -1.99. The Bertz CT molecular complexity index is 588. The first-order valence-electron chi connectivity index (χ1n) is 5.93. The summed E-state index contributed by atoms with van der Waals surface area (Å²) in [7, 11) is 0. The minimum Gasteiger partial charge on any atom is -0.491 e. The highest BCUT2D eigenvalue weighted by Gasteiger charge is 2.11. The van der Waals surface area contributed by atoms with Gasteiger partial charge in [-0.15, -0.1) is 0 Å². The van der Waals surface area contributed by atoms with Crippen LogP contribution in [-0.4, -0.2) is 11.6 Å². The van der Waals surface area contributed by atoms with Crippen LogP contribution in [0.2, 0.25) is 0 Å². The van der Waals surface area contributed by atoms with Crippen molar-refractivity contribution in [1.82, 2.24) is 4.98 Å². The molecule has 0 aliphatic carbocycles. The van der Waals surface area contributed by atoms with Crippen LogP contribution >= 0.6 is 0 Å². The number of halogens is 1. The number of pyridine rings is 1. The lowest BCUT2D eigenvalue weighted by Gasteiger charge is -2.12. The molecule has 19 heavy (non-hydrogen) atoms. The number of benzene rings is 1. The molecule has 4 nitrogen and oxygen atoms in total. The topological polar surface area (TPSA) is 57.4 Å². The molecule has 1 heterocycles. The Labute approximate surface area is 111 Å². The van der Waals surface area contributed by atoms with E-state index in [1.807, 2.05) is 6.92 Å². The predicted octanol–water partition coefficient (Wildman–Crippen LogP) is 3.30. The van der Waals surface area contributed by atoms with Crippen LogP contribution in [0.5, 0.6) is 17.2 Å². The Morgan fingerprint density at radius 2 is 2.05 bits per heavy atom. The molecule has 5 heteroatoms. The van der Waals surface area contributed by atoms with Crippen molar-refractivity contribution in [1.29, 1.82) is 0 Å². The average molecular weight is 262 g/mol. The SMILES string of the molecule is CCOc1cc(Oc2cccnc2C)c(N)cc1F. The fourth-order valence-corrected chi connectivity index (χ4v) is 1.60. The van der Waals surface area contributed by atoms with Crippen molar-refractivity contribution < 1.29 is 13.9 Å². The molecule has 0 unspecified atom stereocenters. The highest BCUT2D eigenvalue weighted by atomic mass is 19.1. The first kappa shape index (κ1) is 13.1. The Balaban J connectivity index is 2.34. The van der Waals surface area contributed by atoms with Crippen LogP contribution in [0.15, 0.2) is 30.5 Å². The third kappa shape index (κ3) is 2.93. The second kappa shape index (κ2) is 5.56. The minimum absolute atomic E-state index is 0.119. The molecule has 1 aromatic carbocycles. The normalized spacial score (nSPS) is 10.3. The fourth-order valence-electron chi connectivity index (χ4n) is 1.60. The van der Waals surface area contributed by atoms with Crippen LogP contribution in [0, 0.1) is 12.7 Å². The van der Waals surface area contributed by atoms with Gasteiger partial charge in [0.05, 0.1) is 18.0 Å². The van der Waals surface area contributed by atoms with Crippen molar-refractivity contribution in [2.45, 2.75) is 13.8 Å². The zero-order chi connectivity index (χ0) is 13.8. The van der Waals surface area contributed by atoms with E-state index in [9.17, 15) is 4.39 Å². The molecule has 0 saturated carbocycles. The molecule has 2 aromatic rings. The highest BCUT2D eigenvalue weighted by molar-refractivity contribution is 5.57. The van der Waals surface area contributed by atoms with Gasteiger partial charge in [0.2, 0.25) is 0 Å². The summed E-state index contributed by atoms with van der Waals surface area (Å²) in [5.74, 6) is 0.534. The molecule has 0 atom stereocenters. The van der Waals surface area contributed by atoms with E-state index >= 15 is 0 Å². The van der Waals surface area contributed by atoms with Gasteiger partial charge in [0.1, 0.15) is 5.75 Å². The average Bonchev–Trinajstić information content (AvgIpc) is 2.38. The van der Waals surface area contributed by atoms with Crippen LogP contribution in [0.4, 0.5) is 10.1 Å². The van der Waals surface area contributed by atoms with Gasteiger partial charge in [-0.05, 0) is 26.0 Å². The lowest BCUT2D eigenvalue weighted by atomic mass is 10.2. The molecule has 0 spiro atoms. The van der Waals surface area contributed by atoms with E-state index in [0.29, 0.717) is 18.1 Å². The molecule has 0 radical (unpaired) electrons. The van der Waals surface area contributed by atoms with Crippen LogP contribution < -0.4 is 15.2 Å². The van der Waals surface area contributed by atoms with Crippen molar-refractivity contribution in [3.05, 3.63) is 42.0 Å². The van der Waals surface area contributed by atoms with Crippen molar-refractivity contribution >= 4 is 5.69 Å². The second-order valence-electron chi connectivity index (χ2n) is 3.94. The maximum atomic E-state index is 13.6. The van der Waals surface area contributed by atoms with E-state index in [-0.39, 0.29) is 11.4 Å². The van der Waals surface area contributed by atoms with Gasteiger partial charge in [-0.3, -0.25) is 4.98 Å². The van der Waals surface area contributed by atoms with E-state index in [1.165, 1.54) is 12.1 Å². The number of nitrogens with two attached hydrogens (primary N) is 1. The highest BCUT2D eigenvalue weighted by Crippen LogP contribution is 2.34. The first-order chi connectivity index (χ1) is 9.11. The van der Waals surface area contributed by atoms with Crippen molar-refractivity contribution in [2.75, 3.05) is 12.3 Å². The molecule has 0 amide bonds. The molecule has 0 aliphatic rings. The summed E-state index contributed by atoms with van der Waals surface area (Å²) in [6.45, 7) is 3.96. The molecule has 2 rings (SSSR count). The zero-order valence-electron chi connectivity index (χ0n) is 10.8. The van der Waals surface area contributed by atoms with Crippen molar-refractivity contribution in [3.63, 3.8) is 0 Å². The van der Waals surface area contributed by atoms with Gasteiger partial charge in [0.25, 0.3) is 0 Å². The van der Waals surface area contributed by atoms with Gasteiger partial charge < -0.3 is 15.2 Å². The molecule has 0 bridgehead atoms. The summed E-state index contributed by atoms with van der Waals surface area (Å²) in [6.07, 6.45) is 1.67. The number of aromatic nitrogens is 1. The second-order valence-corrected chi connectivity index (χ2v) is 3.94. The standard InChI is InChI=1S/C14H15FN2O2/c1-3-18-13-8-14(11(16)7-10(13)15)19-12-5-4-6-17-9(12)2/h4-8H,3,16H2,1-2H3. The predicted molar refractivity (Wildman–Crippen MR) is 71.0 cm³/mol. The molecular weight excluding hydrogens is 247 g/mol. The van der Waals surface area contributed by atoms with E-state index in [2.05, 4.69) is 4.98 Å². The van der Waals surface area contributed by atoms with Gasteiger partial charge in [-0.25, -0.2) is 4.39 Å². The number of ether oxygens (including phenoxy) is 2. The van der Waals surface area contributed by atoms with Gasteiger partial charge in [-0.1, -0.05) is 0 Å². The Morgan fingerprint density at radius 3 is 2.74 bits per heavy atom. The van der Waals surface area contributed by atoms with E-state index in [0.717, 1.165) is 5.69 Å². The summed E-state index contributed by atoms with van der Waals surface area (Å²) in [4.78, 5) is 4.11. The number of hydrogen-bond donors (Lipinski definition) is 1. The van der Waals surface area contributed by atoms with Gasteiger partial charge in [-0.2, -0.15) is 0 Å². The summed E-state index contributed by atoms with van der Waals surface area (Å²) in [6, 6.07) is 6.16. The smallest absolute Gasteiger partial charge is 0.167 e. The molecule has 0 aliphatic heterocycles. The molecule has 100 valence electrons. The van der Waals surface area contributed by atoms with E-state index in [1.54, 1.807) is 25.3 Å². The van der Waals surface area contributed by atoms with E-state index in [4.69, 9.17) is 15.2 Å². The largest absolute Gasteiger partial charge is 0.491 e. The molecule has 0 fully saturated rings. The molecule has 0 saturated heterocycles. The maximum absolute atomic E-state index is 13.6. The number of hydrogen-bond acceptors (Lipinski definition) is 4. The monoisotopic (exact) mass is 262 g/mol. The quantitative estimate of drug-likeness (QED) is 0.859. The minimum atomic E-state index is -0.505. The van der Waals surface area contributed by atoms with Crippen LogP contribution in [0.25, 0.3) is 0 Å². The zero-order valence-corrected chi connectivity index (χ0v) is 10.8. The molecule has 2 N–H and O–H groups in total. The Hall–Kier alpha value is -2.30. The number of anilines is 1. The van der Waals surface area contributed by atoms with Crippen molar-refractivity contribution in [3.8, 4) is 17.2 Å². The fraction of sp³-hybridized carbons (Fsp3) is 0.214. The molecular formula is C14H15FN2O2. The lowest BCUT2D eigenvalue weighted by molar-refractivity contribution is 0.319. The molecule has 1 aromatic heterocycles. The summed E-state index contributed by atoms with van der Waals surface area (Å²) < 4.78 is 24.4.